The number of amides is 1. The van der Waals surface area contributed by atoms with E-state index in [1.54, 1.807) is 0 Å². The van der Waals surface area contributed by atoms with E-state index >= 15 is 0 Å². The zero-order valence-electron chi connectivity index (χ0n) is 17.0. The molecule has 4 heterocycles. The maximum atomic E-state index is 13.3. The van der Waals surface area contributed by atoms with E-state index in [0.717, 1.165) is 41.5 Å². The van der Waals surface area contributed by atoms with Gasteiger partial charge in [0.2, 0.25) is 0 Å². The molecule has 0 spiro atoms. The number of aromatic nitrogens is 3. The first-order valence-electron chi connectivity index (χ1n) is 10.6. The minimum absolute atomic E-state index is 0.00156. The molecule has 0 saturated carbocycles. The standard InChI is InChI=1S/C23H27N5O/c1-3-28-14-15(13-24-28)22-12-20(19-6-4-5-7-21(19)26-22)23(29)25-16-10-17-8-9-18(11-16)27(17)2/h4-7,12-14,16-18H,3,8-11H2,1-2H3,(H,25,29)/t17-,18-/m0/s1. The Kier molecular flexibility index (Phi) is 4.59. The molecular weight excluding hydrogens is 362 g/mol. The molecule has 2 bridgehead atoms. The van der Waals surface area contributed by atoms with E-state index in [-0.39, 0.29) is 11.9 Å². The van der Waals surface area contributed by atoms with Gasteiger partial charge in [-0.25, -0.2) is 4.98 Å². The fourth-order valence-electron chi connectivity index (χ4n) is 4.97. The summed E-state index contributed by atoms with van der Waals surface area (Å²) < 4.78 is 1.88. The number of pyridine rings is 1. The van der Waals surface area contributed by atoms with Gasteiger partial charge in [-0.05, 0) is 51.8 Å². The maximum absolute atomic E-state index is 13.3. The van der Waals surface area contributed by atoms with Crippen molar-refractivity contribution in [1.82, 2.24) is 25.0 Å². The zero-order chi connectivity index (χ0) is 20.0. The number of benzene rings is 1. The third-order valence-electron chi connectivity index (χ3n) is 6.65. The van der Waals surface area contributed by atoms with E-state index in [4.69, 9.17) is 4.98 Å². The lowest BCUT2D eigenvalue weighted by Gasteiger charge is -2.36. The number of para-hydroxylation sites is 1. The Morgan fingerprint density at radius 3 is 2.69 bits per heavy atom. The smallest absolute Gasteiger partial charge is 0.252 e. The molecule has 0 unspecified atom stereocenters. The van der Waals surface area contributed by atoms with E-state index in [0.29, 0.717) is 17.6 Å². The molecule has 6 heteroatoms. The summed E-state index contributed by atoms with van der Waals surface area (Å²) >= 11 is 0. The monoisotopic (exact) mass is 389 g/mol. The van der Waals surface area contributed by atoms with Crippen LogP contribution in [0.25, 0.3) is 22.2 Å². The quantitative estimate of drug-likeness (QED) is 0.742. The topological polar surface area (TPSA) is 63.1 Å². The highest BCUT2D eigenvalue weighted by molar-refractivity contribution is 6.07. The van der Waals surface area contributed by atoms with Crippen molar-refractivity contribution in [3.8, 4) is 11.3 Å². The van der Waals surface area contributed by atoms with Crippen molar-refractivity contribution in [2.24, 2.45) is 0 Å². The summed E-state index contributed by atoms with van der Waals surface area (Å²) in [5.41, 5.74) is 3.25. The van der Waals surface area contributed by atoms with Gasteiger partial charge in [0.15, 0.2) is 0 Å². The van der Waals surface area contributed by atoms with E-state index in [1.807, 2.05) is 47.4 Å². The summed E-state index contributed by atoms with van der Waals surface area (Å²) in [6.07, 6.45) is 8.37. The van der Waals surface area contributed by atoms with Gasteiger partial charge in [0, 0.05) is 41.8 Å². The molecule has 0 aliphatic carbocycles. The van der Waals surface area contributed by atoms with Crippen molar-refractivity contribution in [3.63, 3.8) is 0 Å². The lowest BCUT2D eigenvalue weighted by atomic mass is 9.97. The van der Waals surface area contributed by atoms with Gasteiger partial charge in [0.25, 0.3) is 5.91 Å². The largest absolute Gasteiger partial charge is 0.349 e. The summed E-state index contributed by atoms with van der Waals surface area (Å²) in [6.45, 7) is 2.86. The predicted molar refractivity (Wildman–Crippen MR) is 114 cm³/mol. The highest BCUT2D eigenvalue weighted by Gasteiger charge is 2.38. The first-order valence-corrected chi connectivity index (χ1v) is 10.6. The Labute approximate surface area is 170 Å². The van der Waals surface area contributed by atoms with Crippen LogP contribution in [0.1, 0.15) is 43.0 Å². The predicted octanol–water partition coefficient (Wildman–Crippen LogP) is 3.47. The number of fused-ring (bicyclic) bond motifs is 3. The average molecular weight is 390 g/mol. The lowest BCUT2D eigenvalue weighted by molar-refractivity contribution is 0.0884. The van der Waals surface area contributed by atoms with Gasteiger partial charge in [-0.3, -0.25) is 9.48 Å². The van der Waals surface area contributed by atoms with Crippen molar-refractivity contribution in [2.75, 3.05) is 7.05 Å². The highest BCUT2D eigenvalue weighted by Crippen LogP contribution is 2.34. The van der Waals surface area contributed by atoms with Crippen LogP contribution in [-0.2, 0) is 6.54 Å². The van der Waals surface area contributed by atoms with Gasteiger partial charge in [-0.2, -0.15) is 5.10 Å². The van der Waals surface area contributed by atoms with Gasteiger partial charge >= 0.3 is 0 Å². The molecule has 1 amide bonds. The van der Waals surface area contributed by atoms with Gasteiger partial charge in [0.05, 0.1) is 23.0 Å². The summed E-state index contributed by atoms with van der Waals surface area (Å²) in [6, 6.07) is 11.2. The van der Waals surface area contributed by atoms with Gasteiger partial charge in [0.1, 0.15) is 0 Å². The van der Waals surface area contributed by atoms with E-state index in [2.05, 4.69) is 29.3 Å². The molecule has 150 valence electrons. The fraction of sp³-hybridized carbons (Fsp3) is 0.435. The Hall–Kier alpha value is -2.73. The van der Waals surface area contributed by atoms with Crippen LogP contribution in [0.3, 0.4) is 0 Å². The average Bonchev–Trinajstić information content (AvgIpc) is 3.28. The molecular formula is C23H27N5O. The number of carbonyl (C=O) groups is 1. The van der Waals surface area contributed by atoms with Crippen molar-refractivity contribution in [2.45, 2.75) is 57.3 Å². The Bertz CT molecular complexity index is 1040. The third-order valence-corrected chi connectivity index (χ3v) is 6.65. The molecule has 2 saturated heterocycles. The van der Waals surface area contributed by atoms with Crippen LogP contribution in [0.15, 0.2) is 42.7 Å². The SMILES string of the molecule is CCn1cc(-c2cc(C(=O)NC3C[C@@H]4CC[C@@H](C3)N4C)c3ccccc3n2)cn1. The second-order valence-corrected chi connectivity index (χ2v) is 8.35. The molecule has 29 heavy (non-hydrogen) atoms. The molecule has 0 radical (unpaired) electrons. The van der Waals surface area contributed by atoms with E-state index in [9.17, 15) is 4.79 Å². The molecule has 3 aromatic rings. The zero-order valence-corrected chi connectivity index (χ0v) is 17.0. The number of piperidine rings is 1. The van der Waals surface area contributed by atoms with Crippen molar-refractivity contribution < 1.29 is 4.79 Å². The minimum Gasteiger partial charge on any atom is -0.349 e. The number of carbonyl (C=O) groups excluding carboxylic acids is 1. The molecule has 6 nitrogen and oxygen atoms in total. The molecule has 1 aromatic carbocycles. The van der Waals surface area contributed by atoms with Gasteiger partial charge in [-0.1, -0.05) is 18.2 Å². The molecule has 1 N–H and O–H groups in total. The van der Waals surface area contributed by atoms with Crippen LogP contribution in [0.2, 0.25) is 0 Å². The van der Waals surface area contributed by atoms with Crippen LogP contribution in [0.5, 0.6) is 0 Å². The Balaban J connectivity index is 1.47. The first-order chi connectivity index (χ1) is 14.1. The lowest BCUT2D eigenvalue weighted by Crippen LogP contribution is -2.48. The second kappa shape index (κ2) is 7.26. The molecule has 2 atom stereocenters. The van der Waals surface area contributed by atoms with Crippen molar-refractivity contribution in [3.05, 3.63) is 48.3 Å². The number of nitrogens with zero attached hydrogens (tertiary/aromatic N) is 4. The van der Waals surface area contributed by atoms with Crippen molar-refractivity contribution in [1.29, 1.82) is 0 Å². The van der Waals surface area contributed by atoms with E-state index in [1.165, 1.54) is 12.8 Å². The molecule has 2 fully saturated rings. The summed E-state index contributed by atoms with van der Waals surface area (Å²) in [5.74, 6) is 0.00156. The van der Waals surface area contributed by atoms with Crippen molar-refractivity contribution >= 4 is 16.8 Å². The highest BCUT2D eigenvalue weighted by atomic mass is 16.1. The van der Waals surface area contributed by atoms with Gasteiger partial charge < -0.3 is 10.2 Å². The van der Waals surface area contributed by atoms with Crippen LogP contribution < -0.4 is 5.32 Å². The van der Waals surface area contributed by atoms with Crippen LogP contribution in [0.4, 0.5) is 0 Å². The van der Waals surface area contributed by atoms with Crippen LogP contribution in [-0.4, -0.2) is 50.7 Å². The van der Waals surface area contributed by atoms with Crippen LogP contribution >= 0.6 is 0 Å². The Morgan fingerprint density at radius 2 is 1.97 bits per heavy atom. The van der Waals surface area contributed by atoms with Gasteiger partial charge in [-0.15, -0.1) is 0 Å². The normalized spacial score (nSPS) is 24.1. The molecule has 2 aliphatic heterocycles. The number of aryl methyl sites for hydroxylation is 1. The van der Waals surface area contributed by atoms with Crippen LogP contribution in [0, 0.1) is 0 Å². The maximum Gasteiger partial charge on any atom is 0.252 e. The number of hydrogen-bond donors (Lipinski definition) is 1. The number of nitrogens with one attached hydrogen (secondary N) is 1. The second-order valence-electron chi connectivity index (χ2n) is 8.35. The third kappa shape index (κ3) is 3.31. The molecule has 2 aromatic heterocycles. The molecule has 2 aliphatic rings. The fourth-order valence-corrected chi connectivity index (χ4v) is 4.97. The van der Waals surface area contributed by atoms with E-state index < -0.39 is 0 Å². The summed E-state index contributed by atoms with van der Waals surface area (Å²) in [4.78, 5) is 20.6. The molecule has 5 rings (SSSR count). The summed E-state index contributed by atoms with van der Waals surface area (Å²) in [7, 11) is 2.22. The Morgan fingerprint density at radius 1 is 1.21 bits per heavy atom. The number of hydrogen-bond acceptors (Lipinski definition) is 4. The summed E-state index contributed by atoms with van der Waals surface area (Å²) in [5, 5.41) is 8.59. The number of rotatable bonds is 4. The minimum atomic E-state index is 0.00156. The first kappa shape index (κ1) is 18.3.